The summed E-state index contributed by atoms with van der Waals surface area (Å²) < 4.78 is 15.4. The lowest BCUT2D eigenvalue weighted by Crippen LogP contribution is -2.35. The molecule has 0 unspecified atom stereocenters. The minimum atomic E-state index is -1.44. The summed E-state index contributed by atoms with van der Waals surface area (Å²) >= 11 is 0. The molecule has 0 radical (unpaired) electrons. The monoisotopic (exact) mass is 238 g/mol. The fraction of sp³-hybridized carbons (Fsp3) is 0.700. The predicted molar refractivity (Wildman–Crippen MR) is 50.1 cm³/mol. The van der Waals surface area contributed by atoms with Crippen LogP contribution in [0.2, 0.25) is 0 Å². The molecule has 2 aliphatic rings. The van der Waals surface area contributed by atoms with E-state index >= 15 is 0 Å². The van der Waals surface area contributed by atoms with Crippen LogP contribution < -0.4 is 0 Å². The number of nitriles is 2. The quantitative estimate of drug-likeness (QED) is 0.596. The molecule has 0 aliphatic carbocycles. The number of esters is 1. The van der Waals surface area contributed by atoms with E-state index in [-0.39, 0.29) is 13.2 Å². The molecule has 0 saturated carbocycles. The van der Waals surface area contributed by atoms with Crippen LogP contribution in [0.4, 0.5) is 0 Å². The first-order chi connectivity index (χ1) is 8.17. The van der Waals surface area contributed by atoms with Crippen molar-refractivity contribution in [1.29, 1.82) is 10.5 Å². The van der Waals surface area contributed by atoms with E-state index in [4.69, 9.17) is 24.7 Å². The summed E-state index contributed by atoms with van der Waals surface area (Å²) in [4.78, 5) is 11.4. The number of hydrogen-bond donors (Lipinski definition) is 1. The number of fused-ring (bicyclic) bond motifs is 1. The fourth-order valence-corrected chi connectivity index (χ4v) is 1.90. The Balaban J connectivity index is 1.96. The lowest BCUT2D eigenvalue weighted by molar-refractivity contribution is -0.155. The molecule has 2 saturated heterocycles. The van der Waals surface area contributed by atoms with E-state index < -0.39 is 36.3 Å². The Morgan fingerprint density at radius 2 is 1.94 bits per heavy atom. The van der Waals surface area contributed by atoms with Crippen molar-refractivity contribution in [2.75, 3.05) is 13.2 Å². The van der Waals surface area contributed by atoms with Gasteiger partial charge in [0.05, 0.1) is 25.4 Å². The summed E-state index contributed by atoms with van der Waals surface area (Å²) in [5.74, 6) is -2.35. The van der Waals surface area contributed by atoms with Crippen LogP contribution in [-0.2, 0) is 19.0 Å². The van der Waals surface area contributed by atoms with E-state index in [0.29, 0.717) is 0 Å². The zero-order valence-electron chi connectivity index (χ0n) is 8.78. The van der Waals surface area contributed by atoms with Gasteiger partial charge in [0.1, 0.15) is 18.3 Å². The summed E-state index contributed by atoms with van der Waals surface area (Å²) in [5.41, 5.74) is 0. The lowest BCUT2D eigenvalue weighted by atomic mass is 10.1. The minimum Gasteiger partial charge on any atom is -0.455 e. The molecule has 0 spiro atoms. The third-order valence-corrected chi connectivity index (χ3v) is 2.74. The first kappa shape index (κ1) is 11.8. The van der Waals surface area contributed by atoms with Crippen LogP contribution in [-0.4, -0.2) is 48.7 Å². The van der Waals surface area contributed by atoms with Crippen LogP contribution in [0, 0.1) is 28.6 Å². The second kappa shape index (κ2) is 4.68. The van der Waals surface area contributed by atoms with Gasteiger partial charge in [-0.05, 0) is 0 Å². The van der Waals surface area contributed by atoms with Crippen LogP contribution in [0.1, 0.15) is 0 Å². The summed E-state index contributed by atoms with van der Waals surface area (Å²) in [6.45, 7) is 0.227. The summed E-state index contributed by atoms with van der Waals surface area (Å²) in [5, 5.41) is 26.5. The number of carbonyl (C=O) groups excluding carboxylic acids is 1. The topological polar surface area (TPSA) is 113 Å². The van der Waals surface area contributed by atoms with Gasteiger partial charge in [0, 0.05) is 0 Å². The molecular formula is C10H10N2O5. The highest BCUT2D eigenvalue weighted by Crippen LogP contribution is 2.29. The molecule has 0 bridgehead atoms. The zero-order valence-corrected chi connectivity index (χ0v) is 8.78. The van der Waals surface area contributed by atoms with Gasteiger partial charge in [0.25, 0.3) is 0 Å². The van der Waals surface area contributed by atoms with E-state index in [1.54, 1.807) is 0 Å². The number of aliphatic hydroxyl groups excluding tert-OH is 1. The van der Waals surface area contributed by atoms with Crippen LogP contribution in [0.5, 0.6) is 0 Å². The first-order valence-corrected chi connectivity index (χ1v) is 5.08. The largest absolute Gasteiger partial charge is 0.455 e. The van der Waals surface area contributed by atoms with Gasteiger partial charge < -0.3 is 19.3 Å². The van der Waals surface area contributed by atoms with E-state index in [0.717, 1.165) is 0 Å². The van der Waals surface area contributed by atoms with E-state index in [9.17, 15) is 9.90 Å². The Morgan fingerprint density at radius 1 is 1.29 bits per heavy atom. The van der Waals surface area contributed by atoms with E-state index in [2.05, 4.69) is 0 Å². The van der Waals surface area contributed by atoms with E-state index in [1.165, 1.54) is 12.1 Å². The van der Waals surface area contributed by atoms with Crippen molar-refractivity contribution in [3.8, 4) is 12.1 Å². The average molecular weight is 238 g/mol. The predicted octanol–water partition coefficient (Wildman–Crippen LogP) is -1.28. The Bertz CT molecular complexity index is 384. The normalized spacial score (nSPS) is 35.1. The second-order valence-corrected chi connectivity index (χ2v) is 3.83. The van der Waals surface area contributed by atoms with E-state index in [1.807, 2.05) is 0 Å². The van der Waals surface area contributed by atoms with Crippen molar-refractivity contribution < 1.29 is 24.1 Å². The summed E-state index contributed by atoms with van der Waals surface area (Å²) in [7, 11) is 0. The van der Waals surface area contributed by atoms with Crippen LogP contribution >= 0.6 is 0 Å². The Kier molecular flexibility index (Phi) is 3.25. The molecule has 2 rings (SSSR count). The van der Waals surface area contributed by atoms with Crippen LogP contribution in [0.25, 0.3) is 0 Å². The molecule has 7 nitrogen and oxygen atoms in total. The molecule has 2 heterocycles. The van der Waals surface area contributed by atoms with Crippen molar-refractivity contribution in [1.82, 2.24) is 0 Å². The molecule has 0 aromatic heterocycles. The van der Waals surface area contributed by atoms with Gasteiger partial charge in [-0.15, -0.1) is 0 Å². The molecule has 0 aromatic carbocycles. The molecule has 0 amide bonds. The summed E-state index contributed by atoms with van der Waals surface area (Å²) in [6.07, 6.45) is -2.43. The molecule has 90 valence electrons. The van der Waals surface area contributed by atoms with Crippen molar-refractivity contribution in [3.63, 3.8) is 0 Å². The van der Waals surface area contributed by atoms with Crippen molar-refractivity contribution in [2.45, 2.75) is 24.4 Å². The van der Waals surface area contributed by atoms with Gasteiger partial charge in [-0.2, -0.15) is 10.5 Å². The maximum absolute atomic E-state index is 11.4. The van der Waals surface area contributed by atoms with Crippen molar-refractivity contribution in [2.24, 2.45) is 5.92 Å². The Hall–Kier alpha value is -1.67. The zero-order chi connectivity index (χ0) is 12.4. The molecule has 4 atom stereocenters. The van der Waals surface area contributed by atoms with Gasteiger partial charge in [-0.1, -0.05) is 0 Å². The fourth-order valence-electron chi connectivity index (χ4n) is 1.90. The average Bonchev–Trinajstić information content (AvgIpc) is 2.86. The number of nitrogens with zero attached hydrogens (tertiary/aromatic N) is 2. The van der Waals surface area contributed by atoms with Gasteiger partial charge in [0.15, 0.2) is 6.10 Å². The smallest absolute Gasteiger partial charge is 0.338 e. The van der Waals surface area contributed by atoms with Crippen molar-refractivity contribution >= 4 is 5.97 Å². The van der Waals surface area contributed by atoms with Gasteiger partial charge >= 0.3 is 5.97 Å². The summed E-state index contributed by atoms with van der Waals surface area (Å²) in [6, 6.07) is 3.05. The number of hydrogen-bond acceptors (Lipinski definition) is 7. The highest BCUT2D eigenvalue weighted by molar-refractivity contribution is 5.78. The maximum Gasteiger partial charge on any atom is 0.338 e. The SMILES string of the molecule is N#CC(C#N)C(=O)O[C@@H]1CO[C@H]2[C@@H]1OC[C@@H]2O. The molecule has 2 aliphatic heterocycles. The molecule has 1 N–H and O–H groups in total. The van der Waals surface area contributed by atoms with Crippen molar-refractivity contribution in [3.05, 3.63) is 0 Å². The number of rotatable bonds is 2. The molecular weight excluding hydrogens is 228 g/mol. The number of aliphatic hydroxyl groups is 1. The van der Waals surface area contributed by atoms with Gasteiger partial charge in [-0.25, -0.2) is 4.79 Å². The first-order valence-electron chi connectivity index (χ1n) is 5.08. The lowest BCUT2D eigenvalue weighted by Gasteiger charge is -2.16. The molecule has 0 aromatic rings. The number of ether oxygens (including phenoxy) is 3. The Labute approximate surface area is 97.1 Å². The highest BCUT2D eigenvalue weighted by Gasteiger charge is 2.49. The van der Waals surface area contributed by atoms with Gasteiger partial charge in [-0.3, -0.25) is 0 Å². The van der Waals surface area contributed by atoms with Crippen LogP contribution in [0.3, 0.4) is 0 Å². The minimum absolute atomic E-state index is 0.0989. The second-order valence-electron chi connectivity index (χ2n) is 3.83. The highest BCUT2D eigenvalue weighted by atomic mass is 16.6. The molecule has 17 heavy (non-hydrogen) atoms. The van der Waals surface area contributed by atoms with Crippen LogP contribution in [0.15, 0.2) is 0 Å². The molecule has 7 heteroatoms. The third-order valence-electron chi connectivity index (χ3n) is 2.74. The third kappa shape index (κ3) is 2.08. The maximum atomic E-state index is 11.4. The van der Waals surface area contributed by atoms with Gasteiger partial charge in [0.2, 0.25) is 5.92 Å². The standard InChI is InChI=1S/C10H10N2O5/c11-1-5(2-12)10(14)17-7-4-16-8-6(13)3-15-9(7)8/h5-9,13H,3-4H2/t6-,7+,8+,9+/m0/s1. The molecule has 2 fully saturated rings. The number of carbonyl (C=O) groups is 1. The Morgan fingerprint density at radius 3 is 2.59 bits per heavy atom.